The van der Waals surface area contributed by atoms with Gasteiger partial charge in [0.05, 0.1) is 0 Å². The molecule has 0 amide bonds. The van der Waals surface area contributed by atoms with Gasteiger partial charge in [-0.1, -0.05) is 81.6 Å². The van der Waals surface area contributed by atoms with Crippen LogP contribution in [0.2, 0.25) is 10.0 Å². The summed E-state index contributed by atoms with van der Waals surface area (Å²) in [5.74, 6) is 1.69. The van der Waals surface area contributed by atoms with Crippen molar-refractivity contribution >= 4 is 23.2 Å². The molecule has 0 saturated carbocycles. The molecular formula is C25H26Cl2O. The maximum Gasteiger partial charge on any atom is 0.131 e. The molecule has 146 valence electrons. The molecule has 0 atom stereocenters. The fourth-order valence-corrected chi connectivity index (χ4v) is 3.56. The van der Waals surface area contributed by atoms with Crippen molar-refractivity contribution in [1.82, 2.24) is 0 Å². The minimum Gasteiger partial charge on any atom is -0.457 e. The van der Waals surface area contributed by atoms with Gasteiger partial charge in [0, 0.05) is 15.6 Å². The van der Waals surface area contributed by atoms with Gasteiger partial charge in [-0.2, -0.15) is 0 Å². The summed E-state index contributed by atoms with van der Waals surface area (Å²) in [6.07, 6.45) is 2.01. The molecule has 3 heteroatoms. The summed E-state index contributed by atoms with van der Waals surface area (Å²) < 4.78 is 6.29. The summed E-state index contributed by atoms with van der Waals surface area (Å²) in [7, 11) is 0. The van der Waals surface area contributed by atoms with E-state index in [1.807, 2.05) is 24.3 Å². The number of halogens is 2. The molecular weight excluding hydrogens is 387 g/mol. The van der Waals surface area contributed by atoms with E-state index >= 15 is 0 Å². The predicted octanol–water partition coefficient (Wildman–Crippen LogP) is 8.70. The molecule has 28 heavy (non-hydrogen) atoms. The molecule has 0 aromatic heterocycles. The average Bonchev–Trinajstić information content (AvgIpc) is 2.65. The fraction of sp³-hybridized carbons (Fsp3) is 0.280. The van der Waals surface area contributed by atoms with Crippen LogP contribution in [0.5, 0.6) is 11.5 Å². The maximum atomic E-state index is 6.40. The van der Waals surface area contributed by atoms with Gasteiger partial charge < -0.3 is 4.74 Å². The Morgan fingerprint density at radius 2 is 1.57 bits per heavy atom. The van der Waals surface area contributed by atoms with Crippen LogP contribution in [0.15, 0.2) is 60.7 Å². The van der Waals surface area contributed by atoms with Crippen molar-refractivity contribution in [3.63, 3.8) is 0 Å². The van der Waals surface area contributed by atoms with E-state index in [0.717, 1.165) is 35.5 Å². The highest BCUT2D eigenvalue weighted by Crippen LogP contribution is 2.36. The maximum absolute atomic E-state index is 6.40. The standard InChI is InChI=1S/C25H26Cl2O/c1-5-6-17-7-8-18(22-16-20(26)11-14-23(22)27)15-24(17)28-21-12-9-19(10-13-21)25(2,3)4/h7-16H,5-6H2,1-4H3. The van der Waals surface area contributed by atoms with E-state index in [1.54, 1.807) is 6.07 Å². The van der Waals surface area contributed by atoms with Crippen LogP contribution in [-0.4, -0.2) is 0 Å². The first-order valence-corrected chi connectivity index (χ1v) is 10.4. The highest BCUT2D eigenvalue weighted by Gasteiger charge is 2.14. The lowest BCUT2D eigenvalue weighted by Gasteiger charge is -2.19. The minimum atomic E-state index is 0.120. The number of aryl methyl sites for hydroxylation is 1. The van der Waals surface area contributed by atoms with Crippen molar-refractivity contribution < 1.29 is 4.74 Å². The van der Waals surface area contributed by atoms with Crippen LogP contribution in [0.4, 0.5) is 0 Å². The molecule has 0 fully saturated rings. The van der Waals surface area contributed by atoms with E-state index in [9.17, 15) is 0 Å². The topological polar surface area (TPSA) is 9.23 Å². The molecule has 0 unspecified atom stereocenters. The van der Waals surface area contributed by atoms with E-state index in [0.29, 0.717) is 10.0 Å². The minimum absolute atomic E-state index is 0.120. The third-order valence-electron chi connectivity index (χ3n) is 4.77. The van der Waals surface area contributed by atoms with E-state index < -0.39 is 0 Å². The summed E-state index contributed by atoms with van der Waals surface area (Å²) in [6.45, 7) is 8.80. The number of benzene rings is 3. The van der Waals surface area contributed by atoms with Crippen LogP contribution in [0.25, 0.3) is 11.1 Å². The monoisotopic (exact) mass is 412 g/mol. The van der Waals surface area contributed by atoms with Gasteiger partial charge in [0.2, 0.25) is 0 Å². The Kier molecular flexibility index (Phi) is 6.37. The highest BCUT2D eigenvalue weighted by molar-refractivity contribution is 6.35. The molecule has 0 saturated heterocycles. The van der Waals surface area contributed by atoms with Gasteiger partial charge in [-0.05, 0) is 64.9 Å². The molecule has 0 aliphatic heterocycles. The zero-order chi connectivity index (χ0) is 20.3. The molecule has 0 heterocycles. The number of ether oxygens (including phenoxy) is 1. The molecule has 1 nitrogen and oxygen atoms in total. The second kappa shape index (κ2) is 8.59. The largest absolute Gasteiger partial charge is 0.457 e. The van der Waals surface area contributed by atoms with Crippen LogP contribution >= 0.6 is 23.2 Å². The Hall–Kier alpha value is -1.96. The van der Waals surface area contributed by atoms with Crippen molar-refractivity contribution in [3.8, 4) is 22.6 Å². The van der Waals surface area contributed by atoms with Crippen LogP contribution < -0.4 is 4.74 Å². The zero-order valence-electron chi connectivity index (χ0n) is 16.9. The summed E-state index contributed by atoms with van der Waals surface area (Å²) in [5.41, 5.74) is 4.49. The van der Waals surface area contributed by atoms with Crippen molar-refractivity contribution in [1.29, 1.82) is 0 Å². The average molecular weight is 413 g/mol. The third kappa shape index (κ3) is 4.90. The first kappa shape index (κ1) is 20.8. The van der Waals surface area contributed by atoms with Gasteiger partial charge in [-0.3, -0.25) is 0 Å². The lowest BCUT2D eigenvalue weighted by molar-refractivity contribution is 0.475. The van der Waals surface area contributed by atoms with E-state index in [4.69, 9.17) is 27.9 Å². The SMILES string of the molecule is CCCc1ccc(-c2cc(Cl)ccc2Cl)cc1Oc1ccc(C(C)(C)C)cc1. The Morgan fingerprint density at radius 3 is 2.21 bits per heavy atom. The second-order valence-corrected chi connectivity index (χ2v) is 8.92. The van der Waals surface area contributed by atoms with Gasteiger partial charge in [0.25, 0.3) is 0 Å². The van der Waals surface area contributed by atoms with E-state index in [2.05, 4.69) is 58.0 Å². The first-order valence-electron chi connectivity index (χ1n) is 9.64. The second-order valence-electron chi connectivity index (χ2n) is 8.07. The summed E-state index contributed by atoms with van der Waals surface area (Å²) >= 11 is 12.6. The molecule has 0 aliphatic rings. The molecule has 0 radical (unpaired) electrons. The first-order chi connectivity index (χ1) is 13.3. The van der Waals surface area contributed by atoms with Crippen LogP contribution in [0.3, 0.4) is 0 Å². The van der Waals surface area contributed by atoms with Gasteiger partial charge in [0.1, 0.15) is 11.5 Å². The van der Waals surface area contributed by atoms with Gasteiger partial charge in [-0.25, -0.2) is 0 Å². The van der Waals surface area contributed by atoms with Crippen molar-refractivity contribution in [2.75, 3.05) is 0 Å². The quantitative estimate of drug-likeness (QED) is 0.406. The van der Waals surface area contributed by atoms with Crippen molar-refractivity contribution in [3.05, 3.63) is 81.8 Å². The molecule has 3 rings (SSSR count). The molecule has 0 spiro atoms. The molecule has 0 N–H and O–H groups in total. The summed E-state index contributed by atoms with van der Waals surface area (Å²) in [5, 5.41) is 1.34. The van der Waals surface area contributed by atoms with Gasteiger partial charge >= 0.3 is 0 Å². The summed E-state index contributed by atoms with van der Waals surface area (Å²) in [4.78, 5) is 0. The molecule has 0 bridgehead atoms. The molecule has 3 aromatic carbocycles. The Labute approximate surface area is 178 Å². The predicted molar refractivity (Wildman–Crippen MR) is 121 cm³/mol. The third-order valence-corrected chi connectivity index (χ3v) is 5.34. The summed E-state index contributed by atoms with van der Waals surface area (Å²) in [6, 6.07) is 20.1. The Bertz CT molecular complexity index is 953. The molecule has 0 aliphatic carbocycles. The van der Waals surface area contributed by atoms with E-state index in [1.165, 1.54) is 11.1 Å². The normalized spacial score (nSPS) is 11.5. The number of hydrogen-bond acceptors (Lipinski definition) is 1. The fourth-order valence-electron chi connectivity index (χ4n) is 3.16. The van der Waals surface area contributed by atoms with Crippen LogP contribution in [0, 0.1) is 0 Å². The number of rotatable bonds is 5. The lowest BCUT2D eigenvalue weighted by Crippen LogP contribution is -2.10. The lowest BCUT2D eigenvalue weighted by atomic mass is 9.87. The van der Waals surface area contributed by atoms with Crippen LogP contribution in [0.1, 0.15) is 45.2 Å². The Morgan fingerprint density at radius 1 is 0.857 bits per heavy atom. The van der Waals surface area contributed by atoms with Gasteiger partial charge in [0.15, 0.2) is 0 Å². The Balaban J connectivity index is 1.97. The van der Waals surface area contributed by atoms with Crippen molar-refractivity contribution in [2.45, 2.75) is 46.0 Å². The molecule has 3 aromatic rings. The van der Waals surface area contributed by atoms with E-state index in [-0.39, 0.29) is 5.41 Å². The smallest absolute Gasteiger partial charge is 0.131 e. The highest BCUT2D eigenvalue weighted by atomic mass is 35.5. The number of hydrogen-bond donors (Lipinski definition) is 0. The van der Waals surface area contributed by atoms with Crippen molar-refractivity contribution in [2.24, 2.45) is 0 Å². The van der Waals surface area contributed by atoms with Gasteiger partial charge in [-0.15, -0.1) is 0 Å². The van der Waals surface area contributed by atoms with Crippen LogP contribution in [-0.2, 0) is 11.8 Å². The zero-order valence-corrected chi connectivity index (χ0v) is 18.4.